The first-order valence-corrected chi connectivity index (χ1v) is 14.0. The van der Waals surface area contributed by atoms with Crippen LogP contribution in [0.25, 0.3) is 0 Å². The number of benzene rings is 1. The molecule has 2 saturated heterocycles. The lowest BCUT2D eigenvalue weighted by Gasteiger charge is -2.32. The summed E-state index contributed by atoms with van der Waals surface area (Å²) in [5.41, 5.74) is 0.974. The predicted molar refractivity (Wildman–Crippen MR) is 121 cm³/mol. The molecular weight excluding hydrogens is 452 g/mol. The molecule has 1 aromatic carbocycles. The Morgan fingerprint density at radius 1 is 1.16 bits per heavy atom. The van der Waals surface area contributed by atoms with Crippen LogP contribution in [0.2, 0.25) is 0 Å². The van der Waals surface area contributed by atoms with Crippen LogP contribution in [0.5, 0.6) is 0 Å². The number of hydrogen-bond donors (Lipinski definition) is 1. The summed E-state index contributed by atoms with van der Waals surface area (Å²) in [6.07, 6.45) is 3.16. The third-order valence-electron chi connectivity index (χ3n) is 6.12. The zero-order chi connectivity index (χ0) is 23.1. The van der Waals surface area contributed by atoms with Crippen molar-refractivity contribution in [3.05, 3.63) is 41.6 Å². The zero-order valence-corrected chi connectivity index (χ0v) is 19.8. The highest BCUT2D eigenvalue weighted by atomic mass is 32.2. The van der Waals surface area contributed by atoms with E-state index in [1.165, 1.54) is 28.6 Å². The van der Waals surface area contributed by atoms with Crippen LogP contribution in [0.4, 0.5) is 5.82 Å². The van der Waals surface area contributed by atoms with Gasteiger partial charge >= 0.3 is 0 Å². The molecule has 11 heteroatoms. The Kier molecular flexibility index (Phi) is 6.17. The fraction of sp³-hybridized carbons (Fsp3) is 0.524. The molecule has 2 aliphatic heterocycles. The van der Waals surface area contributed by atoms with Gasteiger partial charge in [0.2, 0.25) is 10.0 Å². The number of piperidine rings is 1. The first kappa shape index (κ1) is 22.9. The summed E-state index contributed by atoms with van der Waals surface area (Å²) in [4.78, 5) is 13.0. The molecule has 0 aliphatic carbocycles. The summed E-state index contributed by atoms with van der Waals surface area (Å²) < 4.78 is 52.7. The van der Waals surface area contributed by atoms with Crippen LogP contribution in [-0.2, 0) is 19.9 Å². The van der Waals surface area contributed by atoms with Crippen molar-refractivity contribution < 1.29 is 21.6 Å². The largest absolute Gasteiger partial charge is 0.307 e. The third-order valence-corrected chi connectivity index (χ3v) is 9.90. The second-order valence-electron chi connectivity index (χ2n) is 8.61. The molecule has 32 heavy (non-hydrogen) atoms. The molecule has 3 heterocycles. The van der Waals surface area contributed by atoms with Crippen LogP contribution in [0.15, 0.2) is 35.2 Å². The molecule has 2 unspecified atom stereocenters. The van der Waals surface area contributed by atoms with Gasteiger partial charge in [-0.1, -0.05) is 6.42 Å². The number of sulfone groups is 1. The van der Waals surface area contributed by atoms with Gasteiger partial charge in [-0.2, -0.15) is 9.40 Å². The van der Waals surface area contributed by atoms with Gasteiger partial charge in [-0.15, -0.1) is 0 Å². The van der Waals surface area contributed by atoms with E-state index in [-0.39, 0.29) is 28.5 Å². The highest BCUT2D eigenvalue weighted by Crippen LogP contribution is 2.28. The second kappa shape index (κ2) is 8.60. The number of aryl methyl sites for hydroxylation is 1. The average Bonchev–Trinajstić information content (AvgIpc) is 3.29. The van der Waals surface area contributed by atoms with E-state index in [9.17, 15) is 21.6 Å². The van der Waals surface area contributed by atoms with Crippen LogP contribution in [0, 0.1) is 6.92 Å². The van der Waals surface area contributed by atoms with E-state index in [4.69, 9.17) is 0 Å². The summed E-state index contributed by atoms with van der Waals surface area (Å²) in [5, 5.41) is 7.15. The lowest BCUT2D eigenvalue weighted by atomic mass is 10.1. The lowest BCUT2D eigenvalue weighted by Crippen LogP contribution is -2.41. The van der Waals surface area contributed by atoms with Crippen molar-refractivity contribution in [3.63, 3.8) is 0 Å². The number of carbonyl (C=O) groups excluding carboxylic acids is 1. The van der Waals surface area contributed by atoms with Crippen molar-refractivity contribution >= 4 is 31.6 Å². The van der Waals surface area contributed by atoms with Gasteiger partial charge in [-0.05, 0) is 57.4 Å². The first-order valence-electron chi connectivity index (χ1n) is 10.8. The van der Waals surface area contributed by atoms with Crippen molar-refractivity contribution in [3.8, 4) is 0 Å². The molecule has 9 nitrogen and oxygen atoms in total. The molecular formula is C21H28N4O5S2. The van der Waals surface area contributed by atoms with Crippen molar-refractivity contribution in [2.24, 2.45) is 0 Å². The Morgan fingerprint density at radius 3 is 2.50 bits per heavy atom. The van der Waals surface area contributed by atoms with E-state index in [0.717, 1.165) is 19.3 Å². The van der Waals surface area contributed by atoms with Crippen LogP contribution < -0.4 is 5.32 Å². The summed E-state index contributed by atoms with van der Waals surface area (Å²) in [7, 11) is -6.71. The molecule has 174 valence electrons. The minimum absolute atomic E-state index is 0.00152. The molecule has 1 N–H and O–H groups in total. The first-order chi connectivity index (χ1) is 15.1. The molecule has 2 fully saturated rings. The van der Waals surface area contributed by atoms with Crippen LogP contribution in [0.3, 0.4) is 0 Å². The Labute approximate surface area is 188 Å². The molecule has 0 bridgehead atoms. The van der Waals surface area contributed by atoms with Crippen LogP contribution in [0.1, 0.15) is 54.7 Å². The van der Waals surface area contributed by atoms with Crippen LogP contribution in [-0.4, -0.2) is 60.9 Å². The average molecular weight is 481 g/mol. The predicted octanol–water partition coefficient (Wildman–Crippen LogP) is 2.37. The number of nitrogens with zero attached hydrogens (tertiary/aromatic N) is 3. The Morgan fingerprint density at radius 2 is 1.88 bits per heavy atom. The third kappa shape index (κ3) is 4.60. The number of amides is 1. The number of sulfonamides is 1. The van der Waals surface area contributed by atoms with E-state index in [0.29, 0.717) is 30.0 Å². The Bertz CT molecular complexity index is 1220. The molecule has 0 spiro atoms. The quantitative estimate of drug-likeness (QED) is 0.702. The van der Waals surface area contributed by atoms with E-state index in [2.05, 4.69) is 10.4 Å². The molecule has 4 rings (SSSR count). The number of aromatic nitrogens is 2. The van der Waals surface area contributed by atoms with Crippen molar-refractivity contribution in [1.82, 2.24) is 14.1 Å². The minimum atomic E-state index is -3.61. The molecule has 1 aromatic heterocycles. The molecule has 2 aromatic rings. The maximum atomic E-state index is 13.0. The van der Waals surface area contributed by atoms with E-state index >= 15 is 0 Å². The van der Waals surface area contributed by atoms with Crippen molar-refractivity contribution in [2.45, 2.75) is 56.5 Å². The minimum Gasteiger partial charge on any atom is -0.307 e. The highest BCUT2D eigenvalue weighted by Gasteiger charge is 2.32. The van der Waals surface area contributed by atoms with E-state index < -0.39 is 25.8 Å². The fourth-order valence-electron chi connectivity index (χ4n) is 4.39. The molecule has 2 atom stereocenters. The van der Waals surface area contributed by atoms with Gasteiger partial charge in [0.05, 0.1) is 28.1 Å². The van der Waals surface area contributed by atoms with Gasteiger partial charge in [0.1, 0.15) is 5.82 Å². The monoisotopic (exact) mass is 480 g/mol. The molecule has 1 amide bonds. The van der Waals surface area contributed by atoms with Gasteiger partial charge in [0, 0.05) is 24.2 Å². The van der Waals surface area contributed by atoms with Gasteiger partial charge in [0.15, 0.2) is 9.84 Å². The number of anilines is 1. The van der Waals surface area contributed by atoms with Gasteiger partial charge in [-0.25, -0.2) is 21.5 Å². The summed E-state index contributed by atoms with van der Waals surface area (Å²) in [6.45, 7) is 4.20. The second-order valence-corrected chi connectivity index (χ2v) is 12.7. The fourth-order valence-corrected chi connectivity index (χ4v) is 7.78. The van der Waals surface area contributed by atoms with E-state index in [1.807, 2.05) is 6.92 Å². The van der Waals surface area contributed by atoms with Gasteiger partial charge in [0.25, 0.3) is 5.91 Å². The van der Waals surface area contributed by atoms with E-state index in [1.54, 1.807) is 17.7 Å². The maximum Gasteiger partial charge on any atom is 0.256 e. The summed E-state index contributed by atoms with van der Waals surface area (Å²) >= 11 is 0. The maximum absolute atomic E-state index is 13.0. The van der Waals surface area contributed by atoms with Crippen molar-refractivity contribution in [2.75, 3.05) is 23.4 Å². The normalized spacial score (nSPS) is 23.8. The highest BCUT2D eigenvalue weighted by molar-refractivity contribution is 7.91. The van der Waals surface area contributed by atoms with Crippen LogP contribution >= 0.6 is 0 Å². The molecule has 2 aliphatic rings. The lowest BCUT2D eigenvalue weighted by molar-refractivity contribution is 0.102. The van der Waals surface area contributed by atoms with Gasteiger partial charge < -0.3 is 5.32 Å². The molecule has 0 radical (unpaired) electrons. The van der Waals surface area contributed by atoms with Crippen molar-refractivity contribution in [1.29, 1.82) is 0 Å². The van der Waals surface area contributed by atoms with Gasteiger partial charge in [-0.3, -0.25) is 4.79 Å². The zero-order valence-electron chi connectivity index (χ0n) is 18.2. The number of hydrogen-bond acceptors (Lipinski definition) is 6. The number of nitrogens with one attached hydrogen (secondary N) is 1. The Balaban J connectivity index is 1.51. The standard InChI is InChI=1S/C21H28N4O5S2/c1-15-13-20(25(23-15)18-10-12-31(27,28)14-18)22-21(26)17-6-8-19(9-7-17)32(29,30)24-11-4-3-5-16(24)2/h6-9,13,16,18H,3-5,10-12,14H2,1-2H3,(H,22,26). The smallest absolute Gasteiger partial charge is 0.256 e. The Hall–Kier alpha value is -2.24. The number of rotatable bonds is 5. The molecule has 0 saturated carbocycles. The SMILES string of the molecule is Cc1cc(NC(=O)c2ccc(S(=O)(=O)N3CCCCC3C)cc2)n(C2CCS(=O)(=O)C2)n1. The topological polar surface area (TPSA) is 118 Å². The summed E-state index contributed by atoms with van der Waals surface area (Å²) in [6, 6.07) is 7.23. The summed E-state index contributed by atoms with van der Waals surface area (Å²) in [5.74, 6) is 0.115. The number of carbonyl (C=O) groups is 1.